The molecule has 76 valence electrons. The van der Waals surface area contributed by atoms with E-state index in [4.69, 9.17) is 4.74 Å². The van der Waals surface area contributed by atoms with Gasteiger partial charge in [-0.15, -0.1) is 0 Å². The third-order valence-electron chi connectivity index (χ3n) is 2.45. The van der Waals surface area contributed by atoms with Crippen LogP contribution in [0.1, 0.15) is 26.2 Å². The van der Waals surface area contributed by atoms with Crippen molar-refractivity contribution in [1.29, 1.82) is 0 Å². The van der Waals surface area contributed by atoms with E-state index in [1.807, 2.05) is 11.8 Å². The number of hydrogen-bond acceptors (Lipinski definition) is 2. The summed E-state index contributed by atoms with van der Waals surface area (Å²) >= 11 is 1.85. The van der Waals surface area contributed by atoms with Crippen LogP contribution in [0, 0.1) is 0 Å². The van der Waals surface area contributed by atoms with Gasteiger partial charge in [-0.1, -0.05) is 30.0 Å². The van der Waals surface area contributed by atoms with Crippen LogP contribution in [0.4, 0.5) is 0 Å². The molecule has 1 nitrogen and oxygen atoms in total. The predicted octanol–water partition coefficient (Wildman–Crippen LogP) is 3.69. The van der Waals surface area contributed by atoms with E-state index in [9.17, 15) is 0 Å². The lowest BCUT2D eigenvalue weighted by Gasteiger charge is -2.27. The van der Waals surface area contributed by atoms with E-state index in [0.29, 0.717) is 11.5 Å². The van der Waals surface area contributed by atoms with Crippen molar-refractivity contribution in [3.05, 3.63) is 30.3 Å². The smallest absolute Gasteiger partial charge is 0.108 e. The van der Waals surface area contributed by atoms with Crippen molar-refractivity contribution in [1.82, 2.24) is 0 Å². The van der Waals surface area contributed by atoms with Gasteiger partial charge in [-0.25, -0.2) is 0 Å². The molecule has 0 aliphatic carbocycles. The van der Waals surface area contributed by atoms with Crippen LogP contribution in [0.5, 0.6) is 0 Å². The minimum atomic E-state index is 0.362. The topological polar surface area (TPSA) is 9.23 Å². The summed E-state index contributed by atoms with van der Waals surface area (Å²) in [5, 5.41) is 0. The average Bonchev–Trinajstić information content (AvgIpc) is 2.19. The Kier molecular flexibility index (Phi) is 3.49. The Morgan fingerprint density at radius 1 is 1.21 bits per heavy atom. The van der Waals surface area contributed by atoms with Crippen molar-refractivity contribution in [2.45, 2.75) is 42.6 Å². The minimum Gasteiger partial charge on any atom is -0.364 e. The lowest BCUT2D eigenvalue weighted by Crippen LogP contribution is -2.22. The SMILES string of the molecule is CC1CCCC(Sc2ccccc2)O1. The molecule has 1 saturated heterocycles. The largest absolute Gasteiger partial charge is 0.364 e. The highest BCUT2D eigenvalue weighted by atomic mass is 32.2. The summed E-state index contributed by atoms with van der Waals surface area (Å²) in [6, 6.07) is 10.5. The highest BCUT2D eigenvalue weighted by Crippen LogP contribution is 2.31. The summed E-state index contributed by atoms with van der Waals surface area (Å²) in [7, 11) is 0. The van der Waals surface area contributed by atoms with E-state index in [-0.39, 0.29) is 0 Å². The average molecular weight is 208 g/mol. The first kappa shape index (κ1) is 10.1. The molecule has 1 aromatic carbocycles. The Labute approximate surface area is 89.9 Å². The minimum absolute atomic E-state index is 0.362. The van der Waals surface area contributed by atoms with E-state index < -0.39 is 0 Å². The van der Waals surface area contributed by atoms with Crippen molar-refractivity contribution in [3.63, 3.8) is 0 Å². The van der Waals surface area contributed by atoms with Crippen LogP contribution in [0.3, 0.4) is 0 Å². The molecule has 2 unspecified atom stereocenters. The summed E-state index contributed by atoms with van der Waals surface area (Å²) in [6.07, 6.45) is 4.13. The Balaban J connectivity index is 1.91. The van der Waals surface area contributed by atoms with Gasteiger partial charge in [0.25, 0.3) is 0 Å². The van der Waals surface area contributed by atoms with Crippen molar-refractivity contribution in [2.75, 3.05) is 0 Å². The molecule has 0 N–H and O–H groups in total. The maximum atomic E-state index is 5.85. The van der Waals surface area contributed by atoms with Gasteiger partial charge in [0.05, 0.1) is 6.10 Å². The highest BCUT2D eigenvalue weighted by Gasteiger charge is 2.19. The Bertz CT molecular complexity index is 273. The van der Waals surface area contributed by atoms with Crippen LogP contribution in [0.25, 0.3) is 0 Å². The number of rotatable bonds is 2. The second kappa shape index (κ2) is 4.85. The van der Waals surface area contributed by atoms with Crippen molar-refractivity contribution < 1.29 is 4.74 Å². The monoisotopic (exact) mass is 208 g/mol. The van der Waals surface area contributed by atoms with Gasteiger partial charge in [0.1, 0.15) is 5.44 Å². The van der Waals surface area contributed by atoms with Gasteiger partial charge < -0.3 is 4.74 Å². The standard InChI is InChI=1S/C12H16OS/c1-10-6-5-9-12(13-10)14-11-7-3-2-4-8-11/h2-4,7-8,10,12H,5-6,9H2,1H3. The van der Waals surface area contributed by atoms with E-state index in [0.717, 1.165) is 0 Å². The molecule has 2 heteroatoms. The number of ether oxygens (including phenoxy) is 1. The number of benzene rings is 1. The Hall–Kier alpha value is -0.470. The molecule has 1 aliphatic rings. The molecule has 2 atom stereocenters. The maximum Gasteiger partial charge on any atom is 0.108 e. The first-order chi connectivity index (χ1) is 6.84. The molecular weight excluding hydrogens is 192 g/mol. The molecule has 2 rings (SSSR count). The van der Waals surface area contributed by atoms with Gasteiger partial charge in [0.2, 0.25) is 0 Å². The quantitative estimate of drug-likeness (QED) is 0.733. The van der Waals surface area contributed by atoms with Gasteiger partial charge in [-0.2, -0.15) is 0 Å². The molecule has 0 saturated carbocycles. The zero-order chi connectivity index (χ0) is 9.80. The van der Waals surface area contributed by atoms with Crippen LogP contribution >= 0.6 is 11.8 Å². The van der Waals surface area contributed by atoms with Gasteiger partial charge in [0, 0.05) is 4.90 Å². The Morgan fingerprint density at radius 3 is 2.71 bits per heavy atom. The third kappa shape index (κ3) is 2.76. The summed E-state index contributed by atoms with van der Waals surface area (Å²) in [4.78, 5) is 1.31. The fourth-order valence-electron chi connectivity index (χ4n) is 1.70. The highest BCUT2D eigenvalue weighted by molar-refractivity contribution is 7.99. The number of hydrogen-bond donors (Lipinski definition) is 0. The van der Waals surface area contributed by atoms with Crippen LogP contribution < -0.4 is 0 Å². The fraction of sp³-hybridized carbons (Fsp3) is 0.500. The van der Waals surface area contributed by atoms with Gasteiger partial charge in [0.15, 0.2) is 0 Å². The first-order valence-corrected chi connectivity index (χ1v) is 6.10. The molecule has 0 radical (unpaired) electrons. The second-order valence-electron chi connectivity index (χ2n) is 3.74. The van der Waals surface area contributed by atoms with E-state index in [2.05, 4.69) is 37.3 Å². The van der Waals surface area contributed by atoms with Crippen molar-refractivity contribution in [2.24, 2.45) is 0 Å². The summed E-state index contributed by atoms with van der Waals surface area (Å²) in [5.74, 6) is 0. The normalized spacial score (nSPS) is 27.5. The zero-order valence-electron chi connectivity index (χ0n) is 8.48. The molecule has 1 aromatic rings. The lowest BCUT2D eigenvalue weighted by atomic mass is 10.1. The van der Waals surface area contributed by atoms with Gasteiger partial charge in [-0.3, -0.25) is 0 Å². The molecule has 14 heavy (non-hydrogen) atoms. The zero-order valence-corrected chi connectivity index (χ0v) is 9.30. The molecule has 1 heterocycles. The molecule has 1 fully saturated rings. The summed E-state index contributed by atoms with van der Waals surface area (Å²) in [5.41, 5.74) is 0.362. The maximum absolute atomic E-state index is 5.85. The predicted molar refractivity (Wildman–Crippen MR) is 60.5 cm³/mol. The van der Waals surface area contributed by atoms with Crippen LogP contribution in [-0.2, 0) is 4.74 Å². The Morgan fingerprint density at radius 2 is 2.00 bits per heavy atom. The molecule has 0 spiro atoms. The number of thioether (sulfide) groups is 1. The van der Waals surface area contributed by atoms with Crippen molar-refractivity contribution in [3.8, 4) is 0 Å². The van der Waals surface area contributed by atoms with Crippen molar-refractivity contribution >= 4 is 11.8 Å². The van der Waals surface area contributed by atoms with Crippen LogP contribution in [0.2, 0.25) is 0 Å². The first-order valence-electron chi connectivity index (χ1n) is 5.22. The van der Waals surface area contributed by atoms with Crippen LogP contribution in [0.15, 0.2) is 35.2 Å². The summed E-state index contributed by atoms with van der Waals surface area (Å²) < 4.78 is 5.85. The van der Waals surface area contributed by atoms with E-state index in [1.54, 1.807) is 0 Å². The molecule has 0 aromatic heterocycles. The fourth-order valence-corrected chi connectivity index (χ4v) is 2.85. The van der Waals surface area contributed by atoms with Gasteiger partial charge in [-0.05, 0) is 38.3 Å². The van der Waals surface area contributed by atoms with Crippen LogP contribution in [-0.4, -0.2) is 11.5 Å². The molecule has 1 aliphatic heterocycles. The molecular formula is C12H16OS. The van der Waals surface area contributed by atoms with Gasteiger partial charge >= 0.3 is 0 Å². The molecule has 0 bridgehead atoms. The second-order valence-corrected chi connectivity index (χ2v) is 4.97. The molecule has 0 amide bonds. The lowest BCUT2D eigenvalue weighted by molar-refractivity contribution is 0.00802. The summed E-state index contributed by atoms with van der Waals surface area (Å²) in [6.45, 7) is 2.16. The third-order valence-corrected chi connectivity index (χ3v) is 3.60. The van der Waals surface area contributed by atoms with E-state index in [1.165, 1.54) is 24.2 Å². The van der Waals surface area contributed by atoms with E-state index >= 15 is 0 Å².